The second-order valence-corrected chi connectivity index (χ2v) is 6.56. The lowest BCUT2D eigenvalue weighted by molar-refractivity contribution is 0.0349. The van der Waals surface area contributed by atoms with Crippen LogP contribution in [-0.2, 0) is 4.74 Å². The van der Waals surface area contributed by atoms with Gasteiger partial charge in [-0.3, -0.25) is 4.90 Å². The Morgan fingerprint density at radius 1 is 1.08 bits per heavy atom. The first-order valence-corrected chi connectivity index (χ1v) is 8.88. The summed E-state index contributed by atoms with van der Waals surface area (Å²) < 4.78 is 16.5. The van der Waals surface area contributed by atoms with Gasteiger partial charge in [0.05, 0.1) is 19.3 Å². The summed E-state index contributed by atoms with van der Waals surface area (Å²) in [5, 5.41) is 5.98. The fraction of sp³-hybridized carbons (Fsp3) is 0.611. The number of morpholine rings is 1. The SMILES string of the molecule is C[C@H](NC(=O)N[C@@H](C)CN1CCOCC1)c1ccc2c(c1)OCCO2. The van der Waals surface area contributed by atoms with Crippen molar-refractivity contribution in [3.8, 4) is 11.5 Å². The molecule has 1 saturated heterocycles. The summed E-state index contributed by atoms with van der Waals surface area (Å²) in [6.45, 7) is 9.29. The Morgan fingerprint density at radius 2 is 1.80 bits per heavy atom. The summed E-state index contributed by atoms with van der Waals surface area (Å²) in [4.78, 5) is 14.6. The molecule has 2 aliphatic rings. The molecule has 7 nitrogen and oxygen atoms in total. The van der Waals surface area contributed by atoms with Gasteiger partial charge in [0.2, 0.25) is 0 Å². The number of carbonyl (C=O) groups is 1. The lowest BCUT2D eigenvalue weighted by Gasteiger charge is -2.29. The molecule has 1 aromatic rings. The van der Waals surface area contributed by atoms with Crippen molar-refractivity contribution in [3.05, 3.63) is 23.8 Å². The maximum absolute atomic E-state index is 12.2. The average Bonchev–Trinajstić information content (AvgIpc) is 2.61. The minimum absolute atomic E-state index is 0.0746. The van der Waals surface area contributed by atoms with Crippen LogP contribution in [0.1, 0.15) is 25.5 Å². The minimum atomic E-state index is -0.164. The van der Waals surface area contributed by atoms with Crippen LogP contribution in [0.25, 0.3) is 0 Å². The van der Waals surface area contributed by atoms with E-state index in [-0.39, 0.29) is 18.1 Å². The van der Waals surface area contributed by atoms with Gasteiger partial charge in [-0.05, 0) is 31.5 Å². The number of ether oxygens (including phenoxy) is 3. The molecule has 3 rings (SSSR count). The van der Waals surface area contributed by atoms with Crippen molar-refractivity contribution in [1.29, 1.82) is 0 Å². The fourth-order valence-corrected chi connectivity index (χ4v) is 3.09. The molecule has 2 heterocycles. The number of hydrogen-bond acceptors (Lipinski definition) is 5. The van der Waals surface area contributed by atoms with Crippen LogP contribution < -0.4 is 20.1 Å². The number of benzene rings is 1. The van der Waals surface area contributed by atoms with Gasteiger partial charge in [-0.1, -0.05) is 6.07 Å². The van der Waals surface area contributed by atoms with Gasteiger partial charge in [-0.25, -0.2) is 4.79 Å². The minimum Gasteiger partial charge on any atom is -0.486 e. The van der Waals surface area contributed by atoms with Crippen molar-refractivity contribution in [1.82, 2.24) is 15.5 Å². The summed E-state index contributed by atoms with van der Waals surface area (Å²) in [6, 6.07) is 5.56. The molecular weight excluding hydrogens is 322 g/mol. The van der Waals surface area contributed by atoms with Gasteiger partial charge in [0.15, 0.2) is 11.5 Å². The van der Waals surface area contributed by atoms with E-state index in [0.717, 1.165) is 49.9 Å². The van der Waals surface area contributed by atoms with Crippen molar-refractivity contribution in [2.75, 3.05) is 46.1 Å². The molecule has 0 bridgehead atoms. The summed E-state index contributed by atoms with van der Waals surface area (Å²) >= 11 is 0. The smallest absolute Gasteiger partial charge is 0.315 e. The number of carbonyl (C=O) groups excluding carboxylic acids is 1. The molecule has 2 aliphatic heterocycles. The van der Waals surface area contributed by atoms with E-state index < -0.39 is 0 Å². The van der Waals surface area contributed by atoms with Crippen LogP contribution >= 0.6 is 0 Å². The molecule has 138 valence electrons. The maximum atomic E-state index is 12.2. The Balaban J connectivity index is 1.48. The van der Waals surface area contributed by atoms with E-state index in [9.17, 15) is 4.79 Å². The van der Waals surface area contributed by atoms with Crippen molar-refractivity contribution >= 4 is 6.03 Å². The third-order valence-corrected chi connectivity index (χ3v) is 4.43. The van der Waals surface area contributed by atoms with Crippen LogP contribution in [0.5, 0.6) is 11.5 Å². The molecule has 25 heavy (non-hydrogen) atoms. The third kappa shape index (κ3) is 4.99. The van der Waals surface area contributed by atoms with E-state index >= 15 is 0 Å². The zero-order valence-corrected chi connectivity index (χ0v) is 14.9. The first kappa shape index (κ1) is 17.8. The van der Waals surface area contributed by atoms with Gasteiger partial charge in [0.25, 0.3) is 0 Å². The van der Waals surface area contributed by atoms with Crippen molar-refractivity contribution in [3.63, 3.8) is 0 Å². The van der Waals surface area contributed by atoms with Gasteiger partial charge in [-0.15, -0.1) is 0 Å². The summed E-state index contributed by atoms with van der Waals surface area (Å²) in [6.07, 6.45) is 0. The molecule has 1 fully saturated rings. The van der Waals surface area contributed by atoms with Gasteiger partial charge in [-0.2, -0.15) is 0 Å². The number of rotatable bonds is 5. The molecule has 0 saturated carbocycles. The molecule has 0 spiro atoms. The Morgan fingerprint density at radius 3 is 2.56 bits per heavy atom. The normalized spacial score (nSPS) is 19.8. The lowest BCUT2D eigenvalue weighted by atomic mass is 10.1. The highest BCUT2D eigenvalue weighted by atomic mass is 16.6. The van der Waals surface area contributed by atoms with Crippen LogP contribution in [0.2, 0.25) is 0 Å². The van der Waals surface area contributed by atoms with Crippen LogP contribution in [-0.4, -0.2) is 63.0 Å². The molecule has 2 amide bonds. The number of fused-ring (bicyclic) bond motifs is 1. The van der Waals surface area contributed by atoms with Crippen molar-refractivity contribution in [2.24, 2.45) is 0 Å². The standard InChI is InChI=1S/C18H27N3O4/c1-13(12-21-5-7-23-8-6-21)19-18(22)20-14(2)15-3-4-16-17(11-15)25-10-9-24-16/h3-4,11,13-14H,5-10,12H2,1-2H3,(H2,19,20,22)/t13-,14-/m0/s1. The number of nitrogens with zero attached hydrogens (tertiary/aromatic N) is 1. The molecule has 7 heteroatoms. The number of nitrogens with one attached hydrogen (secondary N) is 2. The molecule has 0 aromatic heterocycles. The molecule has 0 aliphatic carbocycles. The topological polar surface area (TPSA) is 72.1 Å². The zero-order chi connectivity index (χ0) is 17.6. The van der Waals surface area contributed by atoms with E-state index in [2.05, 4.69) is 15.5 Å². The predicted octanol–water partition coefficient (Wildman–Crippen LogP) is 1.54. The second-order valence-electron chi connectivity index (χ2n) is 6.56. The summed E-state index contributed by atoms with van der Waals surface area (Å²) in [7, 11) is 0. The maximum Gasteiger partial charge on any atom is 0.315 e. The monoisotopic (exact) mass is 349 g/mol. The highest BCUT2D eigenvalue weighted by Gasteiger charge is 2.18. The largest absolute Gasteiger partial charge is 0.486 e. The van der Waals surface area contributed by atoms with Crippen LogP contribution in [0.4, 0.5) is 4.79 Å². The van der Waals surface area contributed by atoms with E-state index in [1.54, 1.807) is 0 Å². The summed E-state index contributed by atoms with van der Waals surface area (Å²) in [5.41, 5.74) is 0.986. The molecular formula is C18H27N3O4. The zero-order valence-electron chi connectivity index (χ0n) is 14.9. The van der Waals surface area contributed by atoms with Crippen molar-refractivity contribution in [2.45, 2.75) is 25.9 Å². The molecule has 0 radical (unpaired) electrons. The predicted molar refractivity (Wildman–Crippen MR) is 94.2 cm³/mol. The Hall–Kier alpha value is -1.99. The quantitative estimate of drug-likeness (QED) is 0.844. The van der Waals surface area contributed by atoms with Gasteiger partial charge < -0.3 is 24.8 Å². The fourth-order valence-electron chi connectivity index (χ4n) is 3.09. The second kappa shape index (κ2) is 8.40. The number of amides is 2. The highest BCUT2D eigenvalue weighted by molar-refractivity contribution is 5.74. The van der Waals surface area contributed by atoms with Gasteiger partial charge >= 0.3 is 6.03 Å². The molecule has 1 aromatic carbocycles. The first-order valence-electron chi connectivity index (χ1n) is 8.88. The Bertz CT molecular complexity index is 590. The van der Waals surface area contributed by atoms with Crippen LogP contribution in [0.15, 0.2) is 18.2 Å². The number of urea groups is 1. The Labute approximate surface area is 148 Å². The van der Waals surface area contributed by atoms with Gasteiger partial charge in [0, 0.05) is 25.7 Å². The van der Waals surface area contributed by atoms with Gasteiger partial charge in [0.1, 0.15) is 13.2 Å². The Kier molecular flexibility index (Phi) is 5.99. The molecule has 2 atom stereocenters. The van der Waals surface area contributed by atoms with E-state index in [1.807, 2.05) is 32.0 Å². The van der Waals surface area contributed by atoms with Crippen molar-refractivity contribution < 1.29 is 19.0 Å². The highest BCUT2D eigenvalue weighted by Crippen LogP contribution is 2.32. The van der Waals surface area contributed by atoms with E-state index in [4.69, 9.17) is 14.2 Å². The molecule has 0 unspecified atom stereocenters. The number of hydrogen-bond donors (Lipinski definition) is 2. The first-order chi connectivity index (χ1) is 12.1. The van der Waals surface area contributed by atoms with E-state index in [0.29, 0.717) is 13.2 Å². The van der Waals surface area contributed by atoms with Crippen LogP contribution in [0.3, 0.4) is 0 Å². The summed E-state index contributed by atoms with van der Waals surface area (Å²) in [5.74, 6) is 1.49. The lowest BCUT2D eigenvalue weighted by Crippen LogP contribution is -2.48. The molecule has 2 N–H and O–H groups in total. The average molecular weight is 349 g/mol. The van der Waals surface area contributed by atoms with E-state index in [1.165, 1.54) is 0 Å². The third-order valence-electron chi connectivity index (χ3n) is 4.43. The van der Waals surface area contributed by atoms with Crippen LogP contribution in [0, 0.1) is 0 Å².